The van der Waals surface area contributed by atoms with Crippen molar-refractivity contribution >= 4 is 11.1 Å². The summed E-state index contributed by atoms with van der Waals surface area (Å²) in [5.74, 6) is 0. The Labute approximate surface area is 137 Å². The molecule has 0 aliphatic rings. The summed E-state index contributed by atoms with van der Waals surface area (Å²) in [5.41, 5.74) is 1.26. The van der Waals surface area contributed by atoms with Gasteiger partial charge in [0.2, 0.25) is 0 Å². The van der Waals surface area contributed by atoms with Gasteiger partial charge in [-0.2, -0.15) is 0 Å². The predicted octanol–water partition coefficient (Wildman–Crippen LogP) is 1.29. The molecule has 1 rings (SSSR count). The molecule has 0 saturated carbocycles. The van der Waals surface area contributed by atoms with E-state index >= 15 is 0 Å². The quantitative estimate of drug-likeness (QED) is 0.442. The summed E-state index contributed by atoms with van der Waals surface area (Å²) < 4.78 is 19.7. The second kappa shape index (κ2) is 11.2. The molecule has 18 heavy (non-hydrogen) atoms. The molecular formula is C14H23NaO2S. The van der Waals surface area contributed by atoms with Crippen LogP contribution >= 0.6 is 0 Å². The Hall–Kier alpha value is 0.330. The van der Waals surface area contributed by atoms with E-state index in [0.717, 1.165) is 6.42 Å². The topological polar surface area (TPSA) is 37.3 Å². The summed E-state index contributed by atoms with van der Waals surface area (Å²) in [5, 5.41) is 0. The van der Waals surface area contributed by atoms with E-state index in [1.54, 1.807) is 12.1 Å². The fraction of sp³-hybridized carbons (Fsp3) is 0.571. The Kier molecular flexibility index (Phi) is 11.4. The standard InChI is InChI=1S/C14H22O2S.Na.H/c1-2-3-4-5-6-7-8-13-9-11-14(12-10-13)17(15)16;;/h9-12H,2-8H2,1H3,(H,15,16);;/q;+1;-1. The zero-order chi connectivity index (χ0) is 12.5. The minimum absolute atomic E-state index is 0. The number of aryl methyl sites for hydroxylation is 1. The average Bonchev–Trinajstić information content (AvgIpc) is 2.34. The van der Waals surface area contributed by atoms with Crippen molar-refractivity contribution in [1.29, 1.82) is 0 Å². The first-order valence-electron chi connectivity index (χ1n) is 6.44. The maximum atomic E-state index is 10.8. The molecule has 0 heterocycles. The van der Waals surface area contributed by atoms with Crippen molar-refractivity contribution in [2.24, 2.45) is 0 Å². The Morgan fingerprint density at radius 3 is 2.17 bits per heavy atom. The van der Waals surface area contributed by atoms with Gasteiger partial charge in [-0.3, -0.25) is 0 Å². The Balaban J connectivity index is 0. The van der Waals surface area contributed by atoms with Crippen LogP contribution in [0.5, 0.6) is 0 Å². The summed E-state index contributed by atoms with van der Waals surface area (Å²) in [4.78, 5) is 0.483. The molecule has 1 aromatic rings. The summed E-state index contributed by atoms with van der Waals surface area (Å²) >= 11 is -1.85. The number of hydrogen-bond acceptors (Lipinski definition) is 1. The van der Waals surface area contributed by atoms with Gasteiger partial charge in [0.1, 0.15) is 0 Å². The van der Waals surface area contributed by atoms with Crippen LogP contribution in [-0.2, 0) is 17.5 Å². The van der Waals surface area contributed by atoms with E-state index in [2.05, 4.69) is 6.92 Å². The van der Waals surface area contributed by atoms with E-state index < -0.39 is 11.1 Å². The van der Waals surface area contributed by atoms with Gasteiger partial charge in [-0.1, -0.05) is 51.2 Å². The van der Waals surface area contributed by atoms with Gasteiger partial charge in [-0.15, -0.1) is 0 Å². The van der Waals surface area contributed by atoms with E-state index in [1.165, 1.54) is 44.1 Å². The van der Waals surface area contributed by atoms with E-state index in [0.29, 0.717) is 4.90 Å². The minimum atomic E-state index is -1.85. The molecule has 0 aromatic heterocycles. The third kappa shape index (κ3) is 7.70. The first-order valence-corrected chi connectivity index (χ1v) is 7.54. The zero-order valence-electron chi connectivity index (χ0n) is 12.5. The third-order valence-electron chi connectivity index (χ3n) is 2.94. The summed E-state index contributed by atoms with van der Waals surface area (Å²) in [6.07, 6.45) is 8.88. The second-order valence-corrected chi connectivity index (χ2v) is 5.38. The minimum Gasteiger partial charge on any atom is -1.00 e. The van der Waals surface area contributed by atoms with Crippen LogP contribution < -0.4 is 29.6 Å². The van der Waals surface area contributed by atoms with Crippen LogP contribution in [0.2, 0.25) is 0 Å². The van der Waals surface area contributed by atoms with Crippen LogP contribution in [0.3, 0.4) is 0 Å². The van der Waals surface area contributed by atoms with Crippen LogP contribution in [0, 0.1) is 0 Å². The molecule has 0 bridgehead atoms. The molecule has 0 amide bonds. The fourth-order valence-electron chi connectivity index (χ4n) is 1.88. The fourth-order valence-corrected chi connectivity index (χ4v) is 2.25. The van der Waals surface area contributed by atoms with Gasteiger partial charge in [0.25, 0.3) is 0 Å². The van der Waals surface area contributed by atoms with Crippen molar-refractivity contribution < 1.29 is 39.7 Å². The van der Waals surface area contributed by atoms with Gasteiger partial charge in [0.05, 0.1) is 4.90 Å². The Morgan fingerprint density at radius 2 is 1.61 bits per heavy atom. The first kappa shape index (κ1) is 18.3. The van der Waals surface area contributed by atoms with Crippen molar-refractivity contribution in [1.82, 2.24) is 0 Å². The van der Waals surface area contributed by atoms with Crippen molar-refractivity contribution in [3.63, 3.8) is 0 Å². The van der Waals surface area contributed by atoms with E-state index in [9.17, 15) is 4.21 Å². The van der Waals surface area contributed by atoms with Crippen LogP contribution in [0.1, 0.15) is 52.4 Å². The van der Waals surface area contributed by atoms with Gasteiger partial charge in [0, 0.05) is 0 Å². The summed E-state index contributed by atoms with van der Waals surface area (Å²) in [6, 6.07) is 7.38. The smallest absolute Gasteiger partial charge is 1.00 e. The van der Waals surface area contributed by atoms with Gasteiger partial charge in [-0.05, 0) is 30.5 Å². The number of benzene rings is 1. The second-order valence-electron chi connectivity index (χ2n) is 4.41. The molecule has 0 spiro atoms. The average molecular weight is 278 g/mol. The molecule has 1 atom stereocenters. The molecule has 0 aliphatic carbocycles. The van der Waals surface area contributed by atoms with Gasteiger partial charge in [0.15, 0.2) is 11.1 Å². The molecule has 1 unspecified atom stereocenters. The maximum Gasteiger partial charge on any atom is 1.00 e. The van der Waals surface area contributed by atoms with Crippen LogP contribution in [0.25, 0.3) is 0 Å². The number of hydrogen-bond donors (Lipinski definition) is 1. The van der Waals surface area contributed by atoms with E-state index in [1.807, 2.05) is 12.1 Å². The molecule has 2 nitrogen and oxygen atoms in total. The van der Waals surface area contributed by atoms with Crippen LogP contribution in [0.15, 0.2) is 29.2 Å². The SMILES string of the molecule is CCCCCCCCc1ccc(S(=O)O)cc1.[H-].[Na+]. The first-order chi connectivity index (χ1) is 8.24. The predicted molar refractivity (Wildman–Crippen MR) is 73.7 cm³/mol. The van der Waals surface area contributed by atoms with Crippen molar-refractivity contribution in [3.8, 4) is 0 Å². The molecule has 0 fully saturated rings. The molecule has 0 aliphatic heterocycles. The molecule has 1 aromatic carbocycles. The van der Waals surface area contributed by atoms with Gasteiger partial charge in [-0.25, -0.2) is 4.21 Å². The molecular weight excluding hydrogens is 255 g/mol. The Morgan fingerprint density at radius 1 is 1.06 bits per heavy atom. The number of rotatable bonds is 8. The molecule has 0 radical (unpaired) electrons. The molecule has 0 saturated heterocycles. The van der Waals surface area contributed by atoms with Crippen molar-refractivity contribution in [2.75, 3.05) is 0 Å². The van der Waals surface area contributed by atoms with Crippen LogP contribution in [0.4, 0.5) is 0 Å². The van der Waals surface area contributed by atoms with Crippen molar-refractivity contribution in [3.05, 3.63) is 29.8 Å². The Bertz CT molecular complexity index is 344. The molecule has 1 N–H and O–H groups in total. The van der Waals surface area contributed by atoms with Crippen molar-refractivity contribution in [2.45, 2.75) is 56.8 Å². The summed E-state index contributed by atoms with van der Waals surface area (Å²) in [7, 11) is 0. The third-order valence-corrected chi connectivity index (χ3v) is 3.62. The summed E-state index contributed by atoms with van der Waals surface area (Å²) in [6.45, 7) is 2.23. The number of unbranched alkanes of at least 4 members (excludes halogenated alkanes) is 5. The van der Waals surface area contributed by atoms with E-state index in [4.69, 9.17) is 4.55 Å². The van der Waals surface area contributed by atoms with Gasteiger partial charge >= 0.3 is 29.6 Å². The van der Waals surface area contributed by atoms with Gasteiger partial charge < -0.3 is 5.98 Å². The normalized spacial score (nSPS) is 11.9. The van der Waals surface area contributed by atoms with E-state index in [-0.39, 0.29) is 31.0 Å². The largest absolute Gasteiger partial charge is 1.00 e. The monoisotopic (exact) mass is 278 g/mol. The molecule has 4 heteroatoms. The zero-order valence-corrected chi connectivity index (χ0v) is 14.3. The van der Waals surface area contributed by atoms with Crippen LogP contribution in [-0.4, -0.2) is 8.76 Å². The molecule has 98 valence electrons. The maximum absolute atomic E-state index is 10.8.